The third-order valence-electron chi connectivity index (χ3n) is 1.69. The van der Waals surface area contributed by atoms with Gasteiger partial charge in [-0.3, -0.25) is 4.79 Å². The van der Waals surface area contributed by atoms with Crippen LogP contribution in [0.5, 0.6) is 0 Å². The number of amides is 1. The molecular formula is C9H16N2O. The Morgan fingerprint density at radius 1 is 1.67 bits per heavy atom. The van der Waals surface area contributed by atoms with Crippen molar-refractivity contribution in [2.75, 3.05) is 13.6 Å². The SMILES string of the molecule is CCCN(C)C(=O)C[C@H](C)C#N. The molecule has 0 aromatic carbocycles. The second-order valence-corrected chi connectivity index (χ2v) is 3.05. The van der Waals surface area contributed by atoms with Crippen molar-refractivity contribution < 1.29 is 4.79 Å². The lowest BCUT2D eigenvalue weighted by Crippen LogP contribution is -2.28. The predicted molar refractivity (Wildman–Crippen MR) is 47.3 cm³/mol. The Labute approximate surface area is 74.0 Å². The topological polar surface area (TPSA) is 44.1 Å². The van der Waals surface area contributed by atoms with Gasteiger partial charge in [-0.25, -0.2) is 0 Å². The number of hydrogen-bond acceptors (Lipinski definition) is 2. The summed E-state index contributed by atoms with van der Waals surface area (Å²) < 4.78 is 0. The summed E-state index contributed by atoms with van der Waals surface area (Å²) in [4.78, 5) is 13.0. The molecule has 0 bridgehead atoms. The van der Waals surface area contributed by atoms with Crippen LogP contribution in [0, 0.1) is 17.2 Å². The summed E-state index contributed by atoms with van der Waals surface area (Å²) in [7, 11) is 1.77. The van der Waals surface area contributed by atoms with Crippen molar-refractivity contribution in [2.45, 2.75) is 26.7 Å². The summed E-state index contributed by atoms with van der Waals surface area (Å²) in [6, 6.07) is 2.05. The van der Waals surface area contributed by atoms with E-state index < -0.39 is 0 Å². The summed E-state index contributed by atoms with van der Waals surface area (Å²) in [6.07, 6.45) is 1.30. The lowest BCUT2D eigenvalue weighted by Gasteiger charge is -2.16. The van der Waals surface area contributed by atoms with E-state index in [-0.39, 0.29) is 11.8 Å². The molecule has 68 valence electrons. The highest BCUT2D eigenvalue weighted by Crippen LogP contribution is 2.02. The Kier molecular flexibility index (Phi) is 5.11. The molecule has 0 unspecified atom stereocenters. The smallest absolute Gasteiger partial charge is 0.223 e. The standard InChI is InChI=1S/C9H16N2O/c1-4-5-11(3)9(12)6-8(2)7-10/h8H,4-6H2,1-3H3/t8-/m0/s1. The third-order valence-corrected chi connectivity index (χ3v) is 1.69. The molecule has 0 aliphatic heterocycles. The van der Waals surface area contributed by atoms with E-state index in [9.17, 15) is 4.79 Å². The molecule has 0 aromatic heterocycles. The molecule has 0 rings (SSSR count). The van der Waals surface area contributed by atoms with Gasteiger partial charge in [0.1, 0.15) is 0 Å². The van der Waals surface area contributed by atoms with E-state index >= 15 is 0 Å². The fraction of sp³-hybridized carbons (Fsp3) is 0.778. The van der Waals surface area contributed by atoms with E-state index in [2.05, 4.69) is 0 Å². The highest BCUT2D eigenvalue weighted by Gasteiger charge is 2.11. The molecule has 1 amide bonds. The second-order valence-electron chi connectivity index (χ2n) is 3.05. The van der Waals surface area contributed by atoms with Crippen LogP contribution in [-0.2, 0) is 4.79 Å². The first kappa shape index (κ1) is 11.0. The Hall–Kier alpha value is -1.04. The highest BCUT2D eigenvalue weighted by atomic mass is 16.2. The predicted octanol–water partition coefficient (Wildman–Crippen LogP) is 1.40. The molecule has 3 nitrogen and oxygen atoms in total. The zero-order valence-corrected chi connectivity index (χ0v) is 8.00. The average molecular weight is 168 g/mol. The van der Waals surface area contributed by atoms with Crippen LogP contribution in [0.25, 0.3) is 0 Å². The Morgan fingerprint density at radius 2 is 2.25 bits per heavy atom. The van der Waals surface area contributed by atoms with Gasteiger partial charge in [-0.15, -0.1) is 0 Å². The van der Waals surface area contributed by atoms with Crippen molar-refractivity contribution in [3.05, 3.63) is 0 Å². The Balaban J connectivity index is 3.80. The van der Waals surface area contributed by atoms with E-state index in [1.165, 1.54) is 0 Å². The van der Waals surface area contributed by atoms with Crippen molar-refractivity contribution in [1.29, 1.82) is 5.26 Å². The summed E-state index contributed by atoms with van der Waals surface area (Å²) >= 11 is 0. The lowest BCUT2D eigenvalue weighted by atomic mass is 10.1. The van der Waals surface area contributed by atoms with Crippen LogP contribution in [0.4, 0.5) is 0 Å². The van der Waals surface area contributed by atoms with Crippen LogP contribution < -0.4 is 0 Å². The van der Waals surface area contributed by atoms with Gasteiger partial charge in [0.15, 0.2) is 0 Å². The second kappa shape index (κ2) is 5.59. The van der Waals surface area contributed by atoms with Crippen molar-refractivity contribution >= 4 is 5.91 Å². The maximum atomic E-state index is 11.3. The highest BCUT2D eigenvalue weighted by molar-refractivity contribution is 5.76. The van der Waals surface area contributed by atoms with Gasteiger partial charge in [0.05, 0.1) is 12.0 Å². The van der Waals surface area contributed by atoms with Crippen LogP contribution >= 0.6 is 0 Å². The van der Waals surface area contributed by atoms with E-state index in [1.807, 2.05) is 13.0 Å². The van der Waals surface area contributed by atoms with E-state index in [0.29, 0.717) is 6.42 Å². The maximum absolute atomic E-state index is 11.3. The van der Waals surface area contributed by atoms with Crippen LogP contribution in [0.3, 0.4) is 0 Å². The van der Waals surface area contributed by atoms with Gasteiger partial charge in [0.2, 0.25) is 5.91 Å². The number of carbonyl (C=O) groups is 1. The number of carbonyl (C=O) groups excluding carboxylic acids is 1. The third kappa shape index (κ3) is 3.97. The van der Waals surface area contributed by atoms with Crippen molar-refractivity contribution in [3.8, 4) is 6.07 Å². The van der Waals surface area contributed by atoms with E-state index in [1.54, 1.807) is 18.9 Å². The van der Waals surface area contributed by atoms with Crippen LogP contribution in [0.1, 0.15) is 26.7 Å². The quantitative estimate of drug-likeness (QED) is 0.637. The van der Waals surface area contributed by atoms with Crippen molar-refractivity contribution in [1.82, 2.24) is 4.90 Å². The van der Waals surface area contributed by atoms with Crippen LogP contribution in [0.2, 0.25) is 0 Å². The first-order valence-corrected chi connectivity index (χ1v) is 4.25. The van der Waals surface area contributed by atoms with Gasteiger partial charge in [0.25, 0.3) is 0 Å². The minimum absolute atomic E-state index is 0.0610. The monoisotopic (exact) mass is 168 g/mol. The van der Waals surface area contributed by atoms with Gasteiger partial charge in [-0.2, -0.15) is 5.26 Å². The van der Waals surface area contributed by atoms with Gasteiger partial charge in [-0.1, -0.05) is 6.92 Å². The summed E-state index contributed by atoms with van der Waals surface area (Å²) in [5.74, 6) is -0.109. The van der Waals surface area contributed by atoms with E-state index in [4.69, 9.17) is 5.26 Å². The molecule has 1 atom stereocenters. The molecule has 0 aliphatic rings. The number of rotatable bonds is 4. The molecule has 3 heteroatoms. The van der Waals surface area contributed by atoms with Crippen molar-refractivity contribution in [3.63, 3.8) is 0 Å². The van der Waals surface area contributed by atoms with Crippen LogP contribution in [0.15, 0.2) is 0 Å². The maximum Gasteiger partial charge on any atom is 0.223 e. The summed E-state index contributed by atoms with van der Waals surface area (Å²) in [5, 5.41) is 8.47. The molecule has 0 saturated carbocycles. The Morgan fingerprint density at radius 3 is 2.67 bits per heavy atom. The molecule has 0 heterocycles. The zero-order valence-electron chi connectivity index (χ0n) is 8.00. The first-order valence-electron chi connectivity index (χ1n) is 4.25. The zero-order chi connectivity index (χ0) is 9.56. The van der Waals surface area contributed by atoms with Gasteiger partial charge >= 0.3 is 0 Å². The molecule has 0 aliphatic carbocycles. The molecule has 0 aromatic rings. The molecule has 0 N–H and O–H groups in total. The molecule has 0 saturated heterocycles. The molecule has 0 radical (unpaired) electrons. The normalized spacial score (nSPS) is 11.8. The summed E-state index contributed by atoms with van der Waals surface area (Å²) in [6.45, 7) is 4.56. The minimum Gasteiger partial charge on any atom is -0.346 e. The molecule has 12 heavy (non-hydrogen) atoms. The molecule has 0 fully saturated rings. The lowest BCUT2D eigenvalue weighted by molar-refractivity contribution is -0.130. The van der Waals surface area contributed by atoms with Gasteiger partial charge in [0, 0.05) is 20.0 Å². The average Bonchev–Trinajstić information content (AvgIpc) is 2.04. The first-order chi connectivity index (χ1) is 5.61. The van der Waals surface area contributed by atoms with Gasteiger partial charge in [-0.05, 0) is 13.3 Å². The number of hydrogen-bond donors (Lipinski definition) is 0. The molecule has 0 spiro atoms. The van der Waals surface area contributed by atoms with Crippen LogP contribution in [-0.4, -0.2) is 24.4 Å². The molecular weight excluding hydrogens is 152 g/mol. The number of nitrogens with zero attached hydrogens (tertiary/aromatic N) is 2. The summed E-state index contributed by atoms with van der Waals surface area (Å²) in [5.41, 5.74) is 0. The fourth-order valence-electron chi connectivity index (χ4n) is 0.924. The minimum atomic E-state index is -0.170. The fourth-order valence-corrected chi connectivity index (χ4v) is 0.924. The largest absolute Gasteiger partial charge is 0.346 e. The number of nitriles is 1. The van der Waals surface area contributed by atoms with Gasteiger partial charge < -0.3 is 4.90 Å². The van der Waals surface area contributed by atoms with Crippen molar-refractivity contribution in [2.24, 2.45) is 5.92 Å². The van der Waals surface area contributed by atoms with E-state index in [0.717, 1.165) is 13.0 Å². The Bertz CT molecular complexity index is 183.